The Labute approximate surface area is 294 Å². The molecule has 0 saturated carbocycles. The highest BCUT2D eigenvalue weighted by Gasteiger charge is 2.22. The number of fused-ring (bicyclic) bond motifs is 5. The van der Waals surface area contributed by atoms with E-state index in [9.17, 15) is 0 Å². The van der Waals surface area contributed by atoms with Gasteiger partial charge in [0.1, 0.15) is 0 Å². The van der Waals surface area contributed by atoms with Crippen LogP contribution in [0.3, 0.4) is 0 Å². The number of hydrogen-bond acceptors (Lipinski definition) is 4. The van der Waals surface area contributed by atoms with Gasteiger partial charge in [0.15, 0.2) is 0 Å². The topological polar surface area (TPSA) is 13.0 Å². The summed E-state index contributed by atoms with van der Waals surface area (Å²) >= 11 is 0. The van der Waals surface area contributed by atoms with Crippen LogP contribution in [0.4, 0.5) is 45.5 Å². The van der Waals surface area contributed by atoms with E-state index < -0.39 is 0 Å². The molecular weight excluding hydrogens is 609 g/mol. The molecule has 0 aliphatic heterocycles. The monoisotopic (exact) mass is 648 g/mol. The van der Waals surface area contributed by atoms with Crippen molar-refractivity contribution in [1.82, 2.24) is 0 Å². The molecule has 0 atom stereocenters. The van der Waals surface area contributed by atoms with Crippen LogP contribution in [-0.4, -0.2) is 28.2 Å². The number of hydrogen-bond donors (Lipinski definition) is 0. The van der Waals surface area contributed by atoms with E-state index in [1.807, 2.05) is 0 Å². The minimum absolute atomic E-state index is 1.11. The molecule has 244 valence electrons. The van der Waals surface area contributed by atoms with Crippen molar-refractivity contribution in [1.29, 1.82) is 0 Å². The Kier molecular flexibility index (Phi) is 8.06. The molecule has 0 aromatic heterocycles. The predicted octanol–water partition coefficient (Wildman–Crippen LogP) is 12.2. The van der Waals surface area contributed by atoms with E-state index in [-0.39, 0.29) is 0 Å². The van der Waals surface area contributed by atoms with Crippen molar-refractivity contribution >= 4 is 77.8 Å². The van der Waals surface area contributed by atoms with Crippen LogP contribution in [0.15, 0.2) is 170 Å². The van der Waals surface area contributed by atoms with Crippen LogP contribution in [0.2, 0.25) is 0 Å². The molecule has 0 unspecified atom stereocenters. The number of anilines is 8. The first-order valence-corrected chi connectivity index (χ1v) is 17.1. The van der Waals surface area contributed by atoms with E-state index in [1.54, 1.807) is 0 Å². The van der Waals surface area contributed by atoms with Gasteiger partial charge in [-0.1, -0.05) is 84.9 Å². The smallest absolute Gasteiger partial charge is 0.0546 e. The van der Waals surface area contributed by atoms with Gasteiger partial charge in [0.2, 0.25) is 0 Å². The van der Waals surface area contributed by atoms with Crippen molar-refractivity contribution in [3.05, 3.63) is 170 Å². The molecule has 8 rings (SSSR count). The number of nitrogens with zero attached hydrogens (tertiary/aromatic N) is 4. The van der Waals surface area contributed by atoms with Gasteiger partial charge in [-0.3, -0.25) is 0 Å². The van der Waals surface area contributed by atoms with Gasteiger partial charge >= 0.3 is 0 Å². The number of para-hydroxylation sites is 2. The average Bonchev–Trinajstić information content (AvgIpc) is 3.16. The molecular formula is C46H40N4. The molecule has 50 heavy (non-hydrogen) atoms. The number of rotatable bonds is 8. The fourth-order valence-electron chi connectivity index (χ4n) is 7.09. The van der Waals surface area contributed by atoms with Gasteiger partial charge in [-0.2, -0.15) is 0 Å². The summed E-state index contributed by atoms with van der Waals surface area (Å²) in [6.07, 6.45) is 0. The molecule has 0 spiro atoms. The molecule has 0 heterocycles. The van der Waals surface area contributed by atoms with Crippen LogP contribution in [0.25, 0.3) is 32.3 Å². The molecule has 0 amide bonds. The van der Waals surface area contributed by atoms with E-state index in [0.717, 1.165) is 34.1 Å². The summed E-state index contributed by atoms with van der Waals surface area (Å²) in [6.45, 7) is 0. The third kappa shape index (κ3) is 5.55. The van der Waals surface area contributed by atoms with Crippen LogP contribution in [0, 0.1) is 0 Å². The van der Waals surface area contributed by atoms with Crippen molar-refractivity contribution in [2.24, 2.45) is 0 Å². The zero-order valence-electron chi connectivity index (χ0n) is 29.0. The van der Waals surface area contributed by atoms with Crippen LogP contribution in [0.1, 0.15) is 0 Å². The summed E-state index contributed by atoms with van der Waals surface area (Å²) in [6, 6.07) is 61.6. The van der Waals surface area contributed by atoms with E-state index >= 15 is 0 Å². The van der Waals surface area contributed by atoms with Crippen LogP contribution in [-0.2, 0) is 0 Å². The molecule has 0 aliphatic rings. The van der Waals surface area contributed by atoms with Gasteiger partial charge in [0.25, 0.3) is 0 Å². The molecule has 0 saturated heterocycles. The molecule has 0 N–H and O–H groups in total. The molecule has 0 aliphatic carbocycles. The van der Waals surface area contributed by atoms with Crippen molar-refractivity contribution < 1.29 is 0 Å². The van der Waals surface area contributed by atoms with Crippen molar-refractivity contribution in [2.75, 3.05) is 47.8 Å². The maximum absolute atomic E-state index is 2.40. The highest BCUT2D eigenvalue weighted by Crippen LogP contribution is 2.47. The third-order valence-corrected chi connectivity index (χ3v) is 9.60. The zero-order chi connectivity index (χ0) is 34.2. The Morgan fingerprint density at radius 3 is 0.880 bits per heavy atom. The first kappa shape index (κ1) is 31.0. The van der Waals surface area contributed by atoms with E-state index in [2.05, 4.69) is 218 Å². The average molecular weight is 649 g/mol. The van der Waals surface area contributed by atoms with Gasteiger partial charge < -0.3 is 19.6 Å². The standard InChI is InChI=1S/C46H40N4/c1-47(2)33-23-27-37(28-24-33)49(35-15-7-5-8-16-35)45-31-43-40-20-12-14-22-42(40)46(32-44(43)39-19-11-13-21-41(39)45)50(36-17-9-6-10-18-36)38-29-25-34(26-30-38)48(3)4/h5-32H,1-4H3. The van der Waals surface area contributed by atoms with Crippen molar-refractivity contribution in [3.8, 4) is 0 Å². The van der Waals surface area contributed by atoms with E-state index in [4.69, 9.17) is 0 Å². The van der Waals surface area contributed by atoms with Gasteiger partial charge in [0.05, 0.1) is 11.4 Å². The largest absolute Gasteiger partial charge is 0.378 e. The lowest BCUT2D eigenvalue weighted by atomic mass is 9.93. The lowest BCUT2D eigenvalue weighted by Gasteiger charge is -2.30. The maximum Gasteiger partial charge on any atom is 0.0546 e. The third-order valence-electron chi connectivity index (χ3n) is 9.60. The summed E-state index contributed by atoms with van der Waals surface area (Å²) in [4.78, 5) is 9.07. The molecule has 0 bridgehead atoms. The van der Waals surface area contributed by atoms with E-state index in [0.29, 0.717) is 0 Å². The second-order valence-electron chi connectivity index (χ2n) is 13.1. The Balaban J connectivity index is 1.42. The minimum atomic E-state index is 1.11. The molecule has 0 radical (unpaired) electrons. The fourth-order valence-corrected chi connectivity index (χ4v) is 7.09. The maximum atomic E-state index is 2.40. The summed E-state index contributed by atoms with van der Waals surface area (Å²) < 4.78 is 0. The predicted molar refractivity (Wildman–Crippen MR) is 217 cm³/mol. The second-order valence-corrected chi connectivity index (χ2v) is 13.1. The van der Waals surface area contributed by atoms with Gasteiger partial charge in [-0.15, -0.1) is 0 Å². The fraction of sp³-hybridized carbons (Fsp3) is 0.0870. The molecule has 8 aromatic carbocycles. The second kappa shape index (κ2) is 13.0. The lowest BCUT2D eigenvalue weighted by molar-refractivity contribution is 1.13. The summed E-state index contributed by atoms with van der Waals surface area (Å²) in [5.41, 5.74) is 9.10. The molecule has 4 heteroatoms. The highest BCUT2D eigenvalue weighted by atomic mass is 15.2. The Bertz CT molecular complexity index is 2240. The van der Waals surface area contributed by atoms with Crippen LogP contribution < -0.4 is 19.6 Å². The van der Waals surface area contributed by atoms with Crippen molar-refractivity contribution in [3.63, 3.8) is 0 Å². The first-order valence-electron chi connectivity index (χ1n) is 17.1. The van der Waals surface area contributed by atoms with E-state index in [1.165, 1.54) is 43.7 Å². The molecule has 0 fully saturated rings. The van der Waals surface area contributed by atoms with Crippen LogP contribution in [0.5, 0.6) is 0 Å². The quantitative estimate of drug-likeness (QED) is 0.152. The number of benzene rings is 8. The Morgan fingerprint density at radius 2 is 0.540 bits per heavy atom. The zero-order valence-corrected chi connectivity index (χ0v) is 29.0. The Morgan fingerprint density at radius 1 is 0.260 bits per heavy atom. The highest BCUT2D eigenvalue weighted by molar-refractivity contribution is 6.24. The SMILES string of the molecule is CN(C)c1ccc(N(c2ccccc2)c2cc3c4ccccc4c(N(c4ccccc4)c4ccc(N(C)C)cc4)cc3c3ccccc23)cc1. The van der Waals surface area contributed by atoms with Crippen molar-refractivity contribution in [2.45, 2.75) is 0 Å². The van der Waals surface area contributed by atoms with Crippen LogP contribution >= 0.6 is 0 Å². The van der Waals surface area contributed by atoms with Gasteiger partial charge in [-0.25, -0.2) is 0 Å². The summed E-state index contributed by atoms with van der Waals surface area (Å²) in [7, 11) is 8.33. The lowest BCUT2D eigenvalue weighted by Crippen LogP contribution is -2.13. The molecule has 4 nitrogen and oxygen atoms in total. The minimum Gasteiger partial charge on any atom is -0.378 e. The first-order chi connectivity index (χ1) is 24.5. The van der Waals surface area contributed by atoms with Gasteiger partial charge in [0, 0.05) is 73.1 Å². The summed E-state index contributed by atoms with van der Waals surface area (Å²) in [5, 5.41) is 7.27. The normalized spacial score (nSPS) is 11.2. The Hall–Kier alpha value is -6.26. The summed E-state index contributed by atoms with van der Waals surface area (Å²) in [5.74, 6) is 0. The molecule has 8 aromatic rings. The van der Waals surface area contributed by atoms with Gasteiger partial charge in [-0.05, 0) is 106 Å².